The molecule has 2 aromatic carbocycles. The van der Waals surface area contributed by atoms with Crippen LogP contribution in [0.5, 0.6) is 0 Å². The van der Waals surface area contributed by atoms with Crippen molar-refractivity contribution in [1.82, 2.24) is 0 Å². The first-order chi connectivity index (χ1) is 7.89. The van der Waals surface area contributed by atoms with Crippen molar-refractivity contribution in [2.24, 2.45) is 0 Å². The Morgan fingerprint density at radius 3 is 2.39 bits per heavy atom. The second-order valence-corrected chi connectivity index (χ2v) is 4.89. The molecule has 0 unspecified atom stereocenters. The first kappa shape index (κ1) is 15.8. The molecule has 18 heavy (non-hydrogen) atoms. The van der Waals surface area contributed by atoms with Crippen molar-refractivity contribution in [2.45, 2.75) is 4.90 Å². The van der Waals surface area contributed by atoms with Crippen molar-refractivity contribution in [3.8, 4) is 0 Å². The summed E-state index contributed by atoms with van der Waals surface area (Å²) in [6, 6.07) is 8.29. The number of hydrogen-bond donors (Lipinski definition) is 2. The summed E-state index contributed by atoms with van der Waals surface area (Å²) in [5, 5.41) is 9.81. The van der Waals surface area contributed by atoms with E-state index in [9.17, 15) is 13.2 Å². The zero-order chi connectivity index (χ0) is 12.6. The molecule has 0 bridgehead atoms. The average Bonchev–Trinajstić information content (AvgIpc) is 2.26. The van der Waals surface area contributed by atoms with Crippen LogP contribution in [0.1, 0.15) is 11.8 Å². The molecule has 0 aliphatic rings. The third-order valence-corrected chi connectivity index (χ3v) is 3.23. The van der Waals surface area contributed by atoms with E-state index < -0.39 is 16.1 Å². The monoisotopic (exact) mass is 292 g/mol. The van der Waals surface area contributed by atoms with E-state index in [1.165, 1.54) is 30.3 Å². The van der Waals surface area contributed by atoms with Crippen molar-refractivity contribution in [3.05, 3.63) is 42.0 Å². The first-order valence-corrected chi connectivity index (χ1v) is 6.07. The number of carboxylic acids is 1. The van der Waals surface area contributed by atoms with E-state index in [1.807, 2.05) is 0 Å². The van der Waals surface area contributed by atoms with Gasteiger partial charge in [0.2, 0.25) is 0 Å². The van der Waals surface area contributed by atoms with Gasteiger partial charge in [0, 0.05) is 0 Å². The Labute approximate surface area is 147 Å². The fourth-order valence-corrected chi connectivity index (χ4v) is 2.12. The van der Waals surface area contributed by atoms with Gasteiger partial charge in [0.1, 0.15) is 0 Å². The van der Waals surface area contributed by atoms with E-state index in [0.717, 1.165) is 0 Å². The van der Waals surface area contributed by atoms with Crippen LogP contribution in [-0.4, -0.2) is 24.0 Å². The van der Waals surface area contributed by atoms with Gasteiger partial charge in [-0.05, 0) is 29.0 Å². The number of fused-ring (bicyclic) bond motifs is 1. The molecule has 2 aromatic rings. The fraction of sp³-hybridized carbons (Fsp3) is 0. The van der Waals surface area contributed by atoms with E-state index in [1.54, 1.807) is 6.07 Å². The predicted molar refractivity (Wildman–Crippen MR) is 61.8 cm³/mol. The molecule has 0 spiro atoms. The van der Waals surface area contributed by atoms with Gasteiger partial charge in [0.05, 0.1) is 10.5 Å². The Morgan fingerprint density at radius 1 is 1.17 bits per heavy atom. The van der Waals surface area contributed by atoms with Crippen LogP contribution in [0.15, 0.2) is 41.3 Å². The number of hydrogen-bond acceptors (Lipinski definition) is 3. The number of rotatable bonds is 2. The standard InChI is InChI=1S/C11H8O5S.K.H/c12-11(13)10-3-1-2-7-6-8(17(14,15)16)4-5-9(7)10;;/h1-6H,(H,12,13)(H,14,15,16);;/q;+1;-1. The van der Waals surface area contributed by atoms with Gasteiger partial charge >= 0.3 is 57.4 Å². The molecular weight excluding hydrogens is 283 g/mol. The zero-order valence-corrected chi connectivity index (χ0v) is 13.4. The van der Waals surface area contributed by atoms with Crippen LogP contribution >= 0.6 is 0 Å². The Kier molecular flexibility index (Phi) is 5.07. The maximum absolute atomic E-state index is 10.9. The third-order valence-electron chi connectivity index (χ3n) is 2.38. The molecule has 2 N–H and O–H groups in total. The van der Waals surface area contributed by atoms with Crippen LogP contribution in [0.2, 0.25) is 0 Å². The minimum atomic E-state index is -4.27. The zero-order valence-electron chi connectivity index (χ0n) is 10.5. The van der Waals surface area contributed by atoms with Gasteiger partial charge < -0.3 is 6.53 Å². The molecular formula is C11H9KO5S. The van der Waals surface area contributed by atoms with E-state index in [0.29, 0.717) is 10.8 Å². The SMILES string of the molecule is O=C(O)c1cccc2cc(S(=O)(=O)O)ccc12.[H-].[K+]. The topological polar surface area (TPSA) is 91.7 Å². The molecule has 7 heteroatoms. The second kappa shape index (κ2) is 5.78. The molecule has 5 nitrogen and oxygen atoms in total. The van der Waals surface area contributed by atoms with Crippen molar-refractivity contribution < 1.29 is 75.7 Å². The maximum atomic E-state index is 10.9. The van der Waals surface area contributed by atoms with Gasteiger partial charge in [-0.2, -0.15) is 8.42 Å². The Morgan fingerprint density at radius 2 is 1.83 bits per heavy atom. The molecule has 0 saturated carbocycles. The molecule has 90 valence electrons. The van der Waals surface area contributed by atoms with Crippen molar-refractivity contribution in [3.63, 3.8) is 0 Å². The minimum Gasteiger partial charge on any atom is -1.00 e. The summed E-state index contributed by atoms with van der Waals surface area (Å²) in [5.41, 5.74) is 0.0874. The van der Waals surface area contributed by atoms with E-state index >= 15 is 0 Å². The molecule has 0 atom stereocenters. The minimum absolute atomic E-state index is 0. The molecule has 2 rings (SSSR count). The van der Waals surface area contributed by atoms with Gasteiger partial charge in [-0.3, -0.25) is 4.55 Å². The summed E-state index contributed by atoms with van der Waals surface area (Å²) < 4.78 is 30.8. The average molecular weight is 292 g/mol. The van der Waals surface area contributed by atoms with Crippen LogP contribution in [0.25, 0.3) is 10.8 Å². The van der Waals surface area contributed by atoms with Crippen LogP contribution in [-0.2, 0) is 10.1 Å². The van der Waals surface area contributed by atoms with Gasteiger partial charge in [-0.1, -0.05) is 18.2 Å². The van der Waals surface area contributed by atoms with E-state index in [4.69, 9.17) is 9.66 Å². The molecule has 0 aromatic heterocycles. The summed E-state index contributed by atoms with van der Waals surface area (Å²) in [7, 11) is -4.27. The molecule has 0 aliphatic carbocycles. The van der Waals surface area contributed by atoms with E-state index in [-0.39, 0.29) is 63.3 Å². The largest absolute Gasteiger partial charge is 1.00 e. The van der Waals surface area contributed by atoms with Gasteiger partial charge in [0.25, 0.3) is 10.1 Å². The number of carbonyl (C=O) groups is 1. The number of aromatic carboxylic acids is 1. The van der Waals surface area contributed by atoms with E-state index in [2.05, 4.69) is 0 Å². The third kappa shape index (κ3) is 3.18. The Hall–Kier alpha value is -0.284. The molecule has 0 radical (unpaired) electrons. The second-order valence-electron chi connectivity index (χ2n) is 3.47. The summed E-state index contributed by atoms with van der Waals surface area (Å²) >= 11 is 0. The Balaban J connectivity index is 0.00000162. The molecule has 0 amide bonds. The normalized spacial score (nSPS) is 10.9. The van der Waals surface area contributed by atoms with Crippen LogP contribution in [0, 0.1) is 0 Å². The smallest absolute Gasteiger partial charge is 1.00 e. The molecule has 0 heterocycles. The summed E-state index contributed by atoms with van der Waals surface area (Å²) in [6.07, 6.45) is 0. The van der Waals surface area contributed by atoms with Crippen molar-refractivity contribution in [2.75, 3.05) is 0 Å². The first-order valence-electron chi connectivity index (χ1n) is 4.63. The summed E-state index contributed by atoms with van der Waals surface area (Å²) in [5.74, 6) is -1.09. The predicted octanol–water partition coefficient (Wildman–Crippen LogP) is -1.10. The fourth-order valence-electron chi connectivity index (χ4n) is 1.61. The van der Waals surface area contributed by atoms with Gasteiger partial charge in [-0.25, -0.2) is 4.79 Å². The van der Waals surface area contributed by atoms with Crippen LogP contribution < -0.4 is 51.4 Å². The summed E-state index contributed by atoms with van der Waals surface area (Å²) in [4.78, 5) is 10.7. The Bertz CT molecular complexity index is 714. The molecule has 0 saturated heterocycles. The van der Waals surface area contributed by atoms with Crippen LogP contribution in [0.3, 0.4) is 0 Å². The quantitative estimate of drug-likeness (QED) is 0.541. The van der Waals surface area contributed by atoms with Gasteiger partial charge in [-0.15, -0.1) is 0 Å². The number of carboxylic acid groups (broad SMARTS) is 1. The van der Waals surface area contributed by atoms with Crippen molar-refractivity contribution in [1.29, 1.82) is 0 Å². The van der Waals surface area contributed by atoms with Crippen LogP contribution in [0.4, 0.5) is 0 Å². The van der Waals surface area contributed by atoms with Crippen molar-refractivity contribution >= 4 is 26.9 Å². The van der Waals surface area contributed by atoms with Gasteiger partial charge in [0.15, 0.2) is 0 Å². The maximum Gasteiger partial charge on any atom is 1.00 e. The number of benzene rings is 2. The molecule has 0 fully saturated rings. The summed E-state index contributed by atoms with van der Waals surface area (Å²) in [6.45, 7) is 0. The molecule has 0 aliphatic heterocycles.